The largest absolute Gasteiger partial charge is 0.246 e. The molecule has 1 nitrogen and oxygen atoms in total. The van der Waals surface area contributed by atoms with Gasteiger partial charge in [0.05, 0.1) is 0 Å². The molecule has 0 amide bonds. The Morgan fingerprint density at radius 1 is 1.08 bits per heavy atom. The zero-order chi connectivity index (χ0) is 9.10. The topological polar surface area (TPSA) is 3.24 Å². The summed E-state index contributed by atoms with van der Waals surface area (Å²) in [4.78, 5) is 1.37. The number of aryl methyl sites for hydroxylation is 1. The van der Waals surface area contributed by atoms with Gasteiger partial charge in [-0.2, -0.15) is 0 Å². The van der Waals surface area contributed by atoms with Crippen molar-refractivity contribution in [2.75, 3.05) is 13.1 Å². The van der Waals surface area contributed by atoms with Crippen molar-refractivity contribution in [3.05, 3.63) is 29.8 Å². The van der Waals surface area contributed by atoms with E-state index >= 15 is 0 Å². The highest BCUT2D eigenvalue weighted by molar-refractivity contribution is 7.97. The van der Waals surface area contributed by atoms with Gasteiger partial charge in [0.2, 0.25) is 0 Å². The lowest BCUT2D eigenvalue weighted by molar-refractivity contribution is 0.586. The summed E-state index contributed by atoms with van der Waals surface area (Å²) in [6, 6.07) is 8.77. The smallest absolute Gasteiger partial charge is 0.0230 e. The van der Waals surface area contributed by atoms with E-state index in [9.17, 15) is 0 Å². The van der Waals surface area contributed by atoms with Crippen LogP contribution in [0.3, 0.4) is 0 Å². The molecule has 70 valence electrons. The fraction of sp³-hybridized carbons (Fsp3) is 0.455. The van der Waals surface area contributed by atoms with E-state index in [0.717, 1.165) is 0 Å². The van der Waals surface area contributed by atoms with E-state index in [4.69, 9.17) is 0 Å². The summed E-state index contributed by atoms with van der Waals surface area (Å²) in [5.74, 6) is 0. The Balaban J connectivity index is 1.97. The van der Waals surface area contributed by atoms with Gasteiger partial charge in [0.25, 0.3) is 0 Å². The minimum absolute atomic E-state index is 1.25. The summed E-state index contributed by atoms with van der Waals surface area (Å²) >= 11 is 1.89. The first-order valence-electron chi connectivity index (χ1n) is 4.84. The molecule has 0 aromatic heterocycles. The predicted molar refractivity (Wildman–Crippen MR) is 57.8 cm³/mol. The average Bonchev–Trinajstić information content (AvgIpc) is 2.62. The maximum Gasteiger partial charge on any atom is 0.0230 e. The minimum Gasteiger partial charge on any atom is -0.246 e. The van der Waals surface area contributed by atoms with E-state index in [0.29, 0.717) is 0 Å². The normalized spacial score (nSPS) is 17.9. The molecule has 0 radical (unpaired) electrons. The number of nitrogens with zero attached hydrogens (tertiary/aromatic N) is 1. The van der Waals surface area contributed by atoms with Gasteiger partial charge in [-0.1, -0.05) is 17.7 Å². The summed E-state index contributed by atoms with van der Waals surface area (Å²) in [5, 5.41) is 0. The van der Waals surface area contributed by atoms with Crippen molar-refractivity contribution in [3.8, 4) is 0 Å². The van der Waals surface area contributed by atoms with Gasteiger partial charge in [0.1, 0.15) is 0 Å². The van der Waals surface area contributed by atoms with Crippen molar-refractivity contribution < 1.29 is 0 Å². The predicted octanol–water partition coefficient (Wildman–Crippen LogP) is 3.10. The molecule has 1 fully saturated rings. The SMILES string of the molecule is Cc1ccc(SN2CCCC2)cc1. The Hall–Kier alpha value is -0.470. The molecular formula is C11H15NS. The van der Waals surface area contributed by atoms with Crippen LogP contribution in [0.1, 0.15) is 18.4 Å². The third-order valence-electron chi connectivity index (χ3n) is 2.32. The molecule has 0 atom stereocenters. The molecule has 0 spiro atoms. The van der Waals surface area contributed by atoms with Gasteiger partial charge >= 0.3 is 0 Å². The first-order valence-corrected chi connectivity index (χ1v) is 5.61. The molecule has 1 heterocycles. The molecule has 0 N–H and O–H groups in total. The second-order valence-electron chi connectivity index (χ2n) is 3.54. The van der Waals surface area contributed by atoms with Gasteiger partial charge in [-0.25, -0.2) is 4.31 Å². The van der Waals surface area contributed by atoms with Crippen LogP contribution in [0.4, 0.5) is 0 Å². The van der Waals surface area contributed by atoms with Crippen LogP contribution in [-0.2, 0) is 0 Å². The maximum atomic E-state index is 2.45. The van der Waals surface area contributed by atoms with Crippen LogP contribution in [0.25, 0.3) is 0 Å². The number of hydrogen-bond donors (Lipinski definition) is 0. The fourth-order valence-corrected chi connectivity index (χ4v) is 2.52. The van der Waals surface area contributed by atoms with Gasteiger partial charge in [-0.05, 0) is 43.8 Å². The molecule has 0 aliphatic carbocycles. The molecule has 2 heteroatoms. The van der Waals surface area contributed by atoms with E-state index in [2.05, 4.69) is 35.5 Å². The third kappa shape index (κ3) is 2.48. The highest BCUT2D eigenvalue weighted by Gasteiger charge is 2.12. The van der Waals surface area contributed by atoms with Gasteiger partial charge in [-0.3, -0.25) is 0 Å². The summed E-state index contributed by atoms with van der Waals surface area (Å²) in [7, 11) is 0. The van der Waals surface area contributed by atoms with Gasteiger partial charge in [-0.15, -0.1) is 0 Å². The Bertz CT molecular complexity index is 262. The van der Waals surface area contributed by atoms with E-state index < -0.39 is 0 Å². The van der Waals surface area contributed by atoms with E-state index in [-0.39, 0.29) is 0 Å². The lowest BCUT2D eigenvalue weighted by Gasteiger charge is -2.12. The summed E-state index contributed by atoms with van der Waals surface area (Å²) in [6.07, 6.45) is 2.72. The zero-order valence-electron chi connectivity index (χ0n) is 7.99. The van der Waals surface area contributed by atoms with Crippen molar-refractivity contribution in [3.63, 3.8) is 0 Å². The lowest BCUT2D eigenvalue weighted by atomic mass is 10.2. The molecule has 0 unspecified atom stereocenters. The number of rotatable bonds is 2. The Kier molecular flexibility index (Phi) is 2.91. The van der Waals surface area contributed by atoms with E-state index in [1.807, 2.05) is 11.9 Å². The molecule has 1 aliphatic rings. The molecular weight excluding hydrogens is 178 g/mol. The van der Waals surface area contributed by atoms with Crippen LogP contribution in [0.2, 0.25) is 0 Å². The second kappa shape index (κ2) is 4.16. The van der Waals surface area contributed by atoms with Crippen LogP contribution in [0, 0.1) is 6.92 Å². The monoisotopic (exact) mass is 193 g/mol. The quantitative estimate of drug-likeness (QED) is 0.664. The second-order valence-corrected chi connectivity index (χ2v) is 4.71. The summed E-state index contributed by atoms with van der Waals surface area (Å²) in [5.41, 5.74) is 1.34. The number of benzene rings is 1. The lowest BCUT2D eigenvalue weighted by Crippen LogP contribution is -2.08. The minimum atomic E-state index is 1.25. The third-order valence-corrected chi connectivity index (χ3v) is 3.43. The Morgan fingerprint density at radius 3 is 2.31 bits per heavy atom. The first kappa shape index (κ1) is 9.10. The van der Waals surface area contributed by atoms with E-state index in [1.54, 1.807) is 0 Å². The van der Waals surface area contributed by atoms with Gasteiger partial charge in [0, 0.05) is 18.0 Å². The van der Waals surface area contributed by atoms with Gasteiger partial charge in [0.15, 0.2) is 0 Å². The average molecular weight is 193 g/mol. The van der Waals surface area contributed by atoms with Crippen molar-refractivity contribution >= 4 is 11.9 Å². The molecule has 1 saturated heterocycles. The highest BCUT2D eigenvalue weighted by Crippen LogP contribution is 2.26. The van der Waals surface area contributed by atoms with E-state index in [1.165, 1.54) is 36.4 Å². The van der Waals surface area contributed by atoms with Crippen molar-refractivity contribution in [2.24, 2.45) is 0 Å². The molecule has 13 heavy (non-hydrogen) atoms. The van der Waals surface area contributed by atoms with Crippen molar-refractivity contribution in [1.29, 1.82) is 0 Å². The number of hydrogen-bond acceptors (Lipinski definition) is 2. The first-order chi connectivity index (χ1) is 6.34. The van der Waals surface area contributed by atoms with Crippen molar-refractivity contribution in [2.45, 2.75) is 24.7 Å². The summed E-state index contributed by atoms with van der Waals surface area (Å²) in [6.45, 7) is 4.63. The van der Waals surface area contributed by atoms with Crippen LogP contribution in [-0.4, -0.2) is 17.4 Å². The van der Waals surface area contributed by atoms with Crippen LogP contribution >= 0.6 is 11.9 Å². The zero-order valence-corrected chi connectivity index (χ0v) is 8.81. The standard InChI is InChI=1S/C11H15NS/c1-10-4-6-11(7-5-10)13-12-8-2-3-9-12/h4-7H,2-3,8-9H2,1H3. The Morgan fingerprint density at radius 2 is 1.69 bits per heavy atom. The molecule has 0 bridgehead atoms. The molecule has 1 aliphatic heterocycles. The highest BCUT2D eigenvalue weighted by atomic mass is 32.2. The summed E-state index contributed by atoms with van der Waals surface area (Å²) < 4.78 is 2.45. The van der Waals surface area contributed by atoms with Crippen LogP contribution in [0.5, 0.6) is 0 Å². The molecule has 1 aromatic rings. The van der Waals surface area contributed by atoms with Crippen LogP contribution < -0.4 is 0 Å². The molecule has 1 aromatic carbocycles. The fourth-order valence-electron chi connectivity index (χ4n) is 1.53. The Labute approximate surface area is 84.3 Å². The van der Waals surface area contributed by atoms with Crippen molar-refractivity contribution in [1.82, 2.24) is 4.31 Å². The molecule has 0 saturated carbocycles. The van der Waals surface area contributed by atoms with Crippen LogP contribution in [0.15, 0.2) is 29.2 Å². The van der Waals surface area contributed by atoms with Gasteiger partial charge < -0.3 is 0 Å². The molecule has 2 rings (SSSR count). The maximum absolute atomic E-state index is 2.45.